The molecule has 1 aliphatic heterocycles. The number of sulfonamides is 1. The number of nitrogens with zero attached hydrogens (tertiary/aromatic N) is 5. The lowest BCUT2D eigenvalue weighted by Crippen LogP contribution is -2.49. The van der Waals surface area contributed by atoms with Crippen molar-refractivity contribution in [1.29, 1.82) is 0 Å². The van der Waals surface area contributed by atoms with Crippen LogP contribution in [0.1, 0.15) is 31.6 Å². The predicted molar refractivity (Wildman–Crippen MR) is 163 cm³/mol. The SMILES string of the molecule is CCCCN(CC)CCNC(=O)Cn1cnc2sc(C)c(S(=O)(=O)N3CCN(c4ccccc4OC)CC3)c2c1=O. The molecule has 2 aromatic heterocycles. The highest BCUT2D eigenvalue weighted by Crippen LogP contribution is 2.34. The Balaban J connectivity index is 1.49. The fourth-order valence-electron chi connectivity index (χ4n) is 5.10. The van der Waals surface area contributed by atoms with E-state index in [-0.39, 0.29) is 35.8 Å². The minimum atomic E-state index is -3.97. The lowest BCUT2D eigenvalue weighted by molar-refractivity contribution is -0.121. The van der Waals surface area contributed by atoms with Gasteiger partial charge in [0.25, 0.3) is 5.56 Å². The van der Waals surface area contributed by atoms with E-state index < -0.39 is 15.6 Å². The Labute approximate surface area is 245 Å². The molecule has 4 rings (SSSR count). The van der Waals surface area contributed by atoms with Crippen molar-refractivity contribution in [2.45, 2.75) is 45.1 Å². The number of hydrogen-bond donors (Lipinski definition) is 1. The van der Waals surface area contributed by atoms with Crippen molar-refractivity contribution >= 4 is 43.2 Å². The van der Waals surface area contributed by atoms with E-state index in [0.29, 0.717) is 29.3 Å². The molecule has 0 atom stereocenters. The largest absolute Gasteiger partial charge is 0.495 e. The number of carbonyl (C=O) groups is 1. The number of thiophene rings is 1. The Morgan fingerprint density at radius 3 is 2.56 bits per heavy atom. The van der Waals surface area contributed by atoms with Crippen LogP contribution in [0, 0.1) is 6.92 Å². The summed E-state index contributed by atoms with van der Waals surface area (Å²) in [4.78, 5) is 35.7. The molecule has 0 radical (unpaired) electrons. The summed E-state index contributed by atoms with van der Waals surface area (Å²) in [5.41, 5.74) is 0.386. The number of unbranched alkanes of at least 4 members (excludes halogenated alkanes) is 1. The van der Waals surface area contributed by atoms with E-state index in [0.717, 1.165) is 43.9 Å². The van der Waals surface area contributed by atoms with Crippen molar-refractivity contribution in [3.05, 3.63) is 45.8 Å². The molecule has 1 saturated heterocycles. The number of benzene rings is 1. The first-order valence-electron chi connectivity index (χ1n) is 14.1. The van der Waals surface area contributed by atoms with Crippen molar-refractivity contribution in [2.75, 3.05) is 64.4 Å². The van der Waals surface area contributed by atoms with E-state index in [4.69, 9.17) is 4.74 Å². The quantitative estimate of drug-likeness (QED) is 0.317. The van der Waals surface area contributed by atoms with Gasteiger partial charge in [-0.15, -0.1) is 11.3 Å². The topological polar surface area (TPSA) is 117 Å². The Bertz CT molecular complexity index is 1510. The second-order valence-electron chi connectivity index (χ2n) is 10.0. The van der Waals surface area contributed by atoms with Crippen molar-refractivity contribution < 1.29 is 17.9 Å². The molecule has 1 aliphatic rings. The highest BCUT2D eigenvalue weighted by Gasteiger charge is 2.34. The van der Waals surface area contributed by atoms with Gasteiger partial charge in [-0.1, -0.05) is 32.4 Å². The molecule has 0 unspecified atom stereocenters. The first kappa shape index (κ1) is 30.9. The molecule has 1 amide bonds. The maximum atomic E-state index is 13.9. The number of methoxy groups -OCH3 is 1. The molecule has 0 bridgehead atoms. The van der Waals surface area contributed by atoms with Crippen LogP contribution in [0.25, 0.3) is 10.2 Å². The fraction of sp³-hybridized carbons (Fsp3) is 0.536. The monoisotopic (exact) mass is 604 g/mol. The second-order valence-corrected chi connectivity index (χ2v) is 13.1. The average molecular weight is 605 g/mol. The minimum Gasteiger partial charge on any atom is -0.495 e. The van der Waals surface area contributed by atoms with Crippen LogP contribution >= 0.6 is 11.3 Å². The zero-order valence-electron chi connectivity index (χ0n) is 24.3. The van der Waals surface area contributed by atoms with Crippen LogP contribution < -0.4 is 20.5 Å². The Morgan fingerprint density at radius 1 is 1.15 bits per heavy atom. The van der Waals surface area contributed by atoms with Gasteiger partial charge < -0.3 is 19.9 Å². The molecule has 41 heavy (non-hydrogen) atoms. The number of nitrogens with one attached hydrogen (secondary N) is 1. The standard InChI is InChI=1S/C28H40N6O5S2/c1-5-7-13-31(6-2)14-12-29-24(35)19-33-20-30-27-25(28(33)36)26(21(3)40-27)41(37,38)34-17-15-32(16-18-34)22-10-8-9-11-23(22)39-4/h8-11,20H,5-7,12-19H2,1-4H3,(H,29,35). The van der Waals surface area contributed by atoms with Crippen LogP contribution in [0.3, 0.4) is 0 Å². The van der Waals surface area contributed by atoms with E-state index in [1.165, 1.54) is 26.5 Å². The molecule has 0 saturated carbocycles. The zero-order chi connectivity index (χ0) is 29.6. The van der Waals surface area contributed by atoms with Gasteiger partial charge in [0.15, 0.2) is 0 Å². The molecule has 1 fully saturated rings. The molecule has 13 heteroatoms. The molecule has 1 N–H and O–H groups in total. The third-order valence-electron chi connectivity index (χ3n) is 7.40. The van der Waals surface area contributed by atoms with Gasteiger partial charge in [0.2, 0.25) is 15.9 Å². The van der Waals surface area contributed by atoms with Crippen molar-refractivity contribution in [3.63, 3.8) is 0 Å². The number of ether oxygens (including phenoxy) is 1. The van der Waals surface area contributed by atoms with Crippen LogP contribution in [0.2, 0.25) is 0 Å². The maximum Gasteiger partial charge on any atom is 0.263 e. The van der Waals surface area contributed by atoms with Gasteiger partial charge in [0.05, 0.1) is 24.5 Å². The van der Waals surface area contributed by atoms with Gasteiger partial charge >= 0.3 is 0 Å². The number of anilines is 1. The number of piperazine rings is 1. The van der Waals surface area contributed by atoms with E-state index in [9.17, 15) is 18.0 Å². The number of para-hydroxylation sites is 2. The average Bonchev–Trinajstić information content (AvgIpc) is 3.33. The molecule has 0 aliphatic carbocycles. The summed E-state index contributed by atoms with van der Waals surface area (Å²) in [6.45, 7) is 10.3. The van der Waals surface area contributed by atoms with Crippen LogP contribution in [0.4, 0.5) is 5.69 Å². The Hall–Kier alpha value is -3.00. The van der Waals surface area contributed by atoms with Crippen molar-refractivity contribution in [1.82, 2.24) is 24.1 Å². The van der Waals surface area contributed by atoms with Gasteiger partial charge in [-0.2, -0.15) is 4.31 Å². The summed E-state index contributed by atoms with van der Waals surface area (Å²) in [7, 11) is -2.36. The van der Waals surface area contributed by atoms with E-state index in [1.54, 1.807) is 14.0 Å². The highest BCUT2D eigenvalue weighted by atomic mass is 32.2. The van der Waals surface area contributed by atoms with Crippen molar-refractivity contribution in [3.8, 4) is 5.75 Å². The predicted octanol–water partition coefficient (Wildman–Crippen LogP) is 2.52. The van der Waals surface area contributed by atoms with E-state index in [2.05, 4.69) is 33.9 Å². The molecule has 11 nitrogen and oxygen atoms in total. The molecule has 3 heterocycles. The zero-order valence-corrected chi connectivity index (χ0v) is 25.9. The smallest absolute Gasteiger partial charge is 0.263 e. The Morgan fingerprint density at radius 2 is 1.88 bits per heavy atom. The number of fused-ring (bicyclic) bond motifs is 1. The minimum absolute atomic E-state index is 0.00925. The summed E-state index contributed by atoms with van der Waals surface area (Å²) in [5, 5.41) is 2.92. The molecular formula is C28H40N6O5S2. The normalized spacial score (nSPS) is 14.6. The van der Waals surface area contributed by atoms with Gasteiger partial charge in [-0.05, 0) is 38.6 Å². The van der Waals surface area contributed by atoms with Gasteiger partial charge in [0.1, 0.15) is 22.0 Å². The van der Waals surface area contributed by atoms with Gasteiger partial charge in [-0.3, -0.25) is 14.2 Å². The summed E-state index contributed by atoms with van der Waals surface area (Å²) in [6.07, 6.45) is 3.54. The van der Waals surface area contributed by atoms with Gasteiger partial charge in [0, 0.05) is 44.1 Å². The first-order chi connectivity index (χ1) is 19.7. The number of carbonyl (C=O) groups excluding carboxylic acids is 1. The summed E-state index contributed by atoms with van der Waals surface area (Å²) < 4.78 is 35.8. The van der Waals surface area contributed by atoms with Crippen LogP contribution in [0.15, 0.2) is 40.3 Å². The van der Waals surface area contributed by atoms with E-state index >= 15 is 0 Å². The molecule has 1 aromatic carbocycles. The van der Waals surface area contributed by atoms with Crippen LogP contribution in [-0.2, 0) is 21.4 Å². The number of rotatable bonds is 13. The Kier molecular flexibility index (Phi) is 10.4. The number of aryl methyl sites for hydroxylation is 1. The number of amides is 1. The number of hydrogen-bond acceptors (Lipinski definition) is 9. The highest BCUT2D eigenvalue weighted by molar-refractivity contribution is 7.89. The summed E-state index contributed by atoms with van der Waals surface area (Å²) in [6, 6.07) is 7.65. The van der Waals surface area contributed by atoms with Crippen molar-refractivity contribution in [2.24, 2.45) is 0 Å². The summed E-state index contributed by atoms with van der Waals surface area (Å²) >= 11 is 1.18. The second kappa shape index (κ2) is 13.8. The number of aromatic nitrogens is 2. The van der Waals surface area contributed by atoms with Gasteiger partial charge in [-0.25, -0.2) is 13.4 Å². The molecule has 224 valence electrons. The summed E-state index contributed by atoms with van der Waals surface area (Å²) in [5.74, 6) is 0.418. The molecule has 0 spiro atoms. The third kappa shape index (κ3) is 6.91. The molecular weight excluding hydrogens is 564 g/mol. The van der Waals surface area contributed by atoms with Crippen LogP contribution in [0.5, 0.6) is 5.75 Å². The fourth-order valence-corrected chi connectivity index (χ4v) is 8.19. The first-order valence-corrected chi connectivity index (χ1v) is 16.3. The third-order valence-corrected chi connectivity index (χ3v) is 10.6. The maximum absolute atomic E-state index is 13.9. The lowest BCUT2D eigenvalue weighted by Gasteiger charge is -2.35. The van der Waals surface area contributed by atoms with Crippen LogP contribution in [-0.4, -0.2) is 92.5 Å². The lowest BCUT2D eigenvalue weighted by atomic mass is 10.2. The number of likely N-dealkylation sites (N-methyl/N-ethyl adjacent to an activating group) is 1. The molecule has 3 aromatic rings. The van der Waals surface area contributed by atoms with E-state index in [1.807, 2.05) is 24.3 Å².